The van der Waals surface area contributed by atoms with Crippen LogP contribution >= 0.6 is 0 Å². The topological polar surface area (TPSA) is 59.6 Å². The molecule has 2 unspecified atom stereocenters. The third kappa shape index (κ3) is 4.08. The second-order valence-electron chi connectivity index (χ2n) is 9.31. The van der Waals surface area contributed by atoms with Gasteiger partial charge in [0, 0.05) is 29.8 Å². The molecule has 34 heavy (non-hydrogen) atoms. The van der Waals surface area contributed by atoms with Gasteiger partial charge in [-0.3, -0.25) is 0 Å². The molecule has 2 bridgehead atoms. The summed E-state index contributed by atoms with van der Waals surface area (Å²) in [5, 5.41) is 6.60. The zero-order valence-electron chi connectivity index (χ0n) is 19.1. The van der Waals surface area contributed by atoms with Crippen molar-refractivity contribution >= 4 is 11.7 Å². The number of benzene rings is 3. The second-order valence-corrected chi connectivity index (χ2v) is 9.31. The standard InChI is InChI=1S/C29H28N2O3/c32-29(30-16-15-19-7-2-1-3-8-19)34-26-12-6-10-24-27(20-17-21-13-14-22(18-20)31-21)23-9-4-5-11-25(23)33-28(24)26/h1-12,21-22,31H,13-18H2,(H,30,32). The molecule has 5 nitrogen and oxygen atoms in total. The predicted molar refractivity (Wildman–Crippen MR) is 132 cm³/mol. The fraction of sp³-hybridized carbons (Fsp3) is 0.276. The fourth-order valence-corrected chi connectivity index (χ4v) is 5.49. The first-order valence-corrected chi connectivity index (χ1v) is 12.1. The van der Waals surface area contributed by atoms with E-state index in [-0.39, 0.29) is 0 Å². The summed E-state index contributed by atoms with van der Waals surface area (Å²) in [7, 11) is 0. The van der Waals surface area contributed by atoms with E-state index in [0.717, 1.165) is 36.1 Å². The number of carbonyl (C=O) groups excluding carboxylic acids is 1. The Morgan fingerprint density at radius 3 is 2.47 bits per heavy atom. The molecule has 0 aromatic heterocycles. The molecule has 3 aromatic rings. The minimum absolute atomic E-state index is 0.444. The molecule has 5 heteroatoms. The van der Waals surface area contributed by atoms with Gasteiger partial charge in [-0.15, -0.1) is 0 Å². The summed E-state index contributed by atoms with van der Waals surface area (Å²) in [6, 6.07) is 25.2. The quantitative estimate of drug-likeness (QED) is 0.408. The molecule has 6 rings (SSSR count). The highest BCUT2D eigenvalue weighted by Gasteiger charge is 2.35. The molecule has 3 aliphatic heterocycles. The Hall–Kier alpha value is -3.57. The zero-order chi connectivity index (χ0) is 22.9. The summed E-state index contributed by atoms with van der Waals surface area (Å²) < 4.78 is 12.1. The van der Waals surface area contributed by atoms with Gasteiger partial charge in [-0.05, 0) is 55.4 Å². The molecule has 0 aliphatic carbocycles. The van der Waals surface area contributed by atoms with Crippen LogP contribution < -0.4 is 20.1 Å². The Kier molecular flexibility index (Phi) is 5.55. The predicted octanol–water partition coefficient (Wildman–Crippen LogP) is 5.84. The summed E-state index contributed by atoms with van der Waals surface area (Å²) >= 11 is 0. The lowest BCUT2D eigenvalue weighted by Gasteiger charge is -2.30. The van der Waals surface area contributed by atoms with Crippen LogP contribution in [0.1, 0.15) is 42.4 Å². The molecule has 2 N–H and O–H groups in total. The van der Waals surface area contributed by atoms with Crippen LogP contribution in [0.15, 0.2) is 78.4 Å². The number of para-hydroxylation sites is 2. The average Bonchev–Trinajstić information content (AvgIpc) is 3.21. The van der Waals surface area contributed by atoms with Crippen molar-refractivity contribution < 1.29 is 14.3 Å². The van der Waals surface area contributed by atoms with Crippen molar-refractivity contribution in [3.63, 3.8) is 0 Å². The molecule has 0 spiro atoms. The first kappa shape index (κ1) is 21.0. The SMILES string of the molecule is O=C(NCCc1ccccc1)Oc1cccc2c1Oc1ccccc1C2=C1CC2CCC(C1)N2. The van der Waals surface area contributed by atoms with Crippen LogP contribution in [0.25, 0.3) is 5.57 Å². The maximum absolute atomic E-state index is 12.6. The van der Waals surface area contributed by atoms with E-state index >= 15 is 0 Å². The van der Waals surface area contributed by atoms with Crippen LogP contribution in [-0.2, 0) is 6.42 Å². The van der Waals surface area contributed by atoms with Crippen molar-refractivity contribution in [2.24, 2.45) is 0 Å². The highest BCUT2D eigenvalue weighted by Crippen LogP contribution is 2.50. The fourth-order valence-electron chi connectivity index (χ4n) is 5.49. The Bertz CT molecular complexity index is 1240. The minimum atomic E-state index is -0.471. The van der Waals surface area contributed by atoms with Crippen molar-refractivity contribution in [2.75, 3.05) is 6.54 Å². The molecule has 0 saturated carbocycles. The van der Waals surface area contributed by atoms with Crippen LogP contribution in [0.4, 0.5) is 4.79 Å². The first-order valence-electron chi connectivity index (χ1n) is 12.1. The molecule has 3 aromatic carbocycles. The van der Waals surface area contributed by atoms with E-state index in [1.807, 2.05) is 48.5 Å². The highest BCUT2D eigenvalue weighted by molar-refractivity contribution is 5.91. The van der Waals surface area contributed by atoms with Gasteiger partial charge in [0.05, 0.1) is 0 Å². The van der Waals surface area contributed by atoms with E-state index in [9.17, 15) is 4.79 Å². The van der Waals surface area contributed by atoms with Gasteiger partial charge in [0.15, 0.2) is 11.5 Å². The molecule has 1 amide bonds. The molecule has 2 saturated heterocycles. The van der Waals surface area contributed by atoms with Gasteiger partial charge in [-0.2, -0.15) is 0 Å². The number of fused-ring (bicyclic) bond motifs is 4. The lowest BCUT2D eigenvalue weighted by molar-refractivity contribution is 0.199. The third-order valence-electron chi connectivity index (χ3n) is 7.02. The van der Waals surface area contributed by atoms with E-state index in [0.29, 0.717) is 30.1 Å². The lowest BCUT2D eigenvalue weighted by atomic mass is 9.84. The number of rotatable bonds is 4. The summed E-state index contributed by atoms with van der Waals surface area (Å²) in [6.45, 7) is 0.507. The summed E-state index contributed by atoms with van der Waals surface area (Å²) in [5.41, 5.74) is 6.00. The van der Waals surface area contributed by atoms with Crippen molar-refractivity contribution in [3.8, 4) is 17.2 Å². The molecule has 0 radical (unpaired) electrons. The maximum atomic E-state index is 12.6. The molecule has 3 heterocycles. The van der Waals surface area contributed by atoms with E-state index in [4.69, 9.17) is 9.47 Å². The van der Waals surface area contributed by atoms with Crippen LogP contribution in [0.2, 0.25) is 0 Å². The molecule has 172 valence electrons. The third-order valence-corrected chi connectivity index (χ3v) is 7.02. The van der Waals surface area contributed by atoms with Gasteiger partial charge >= 0.3 is 6.09 Å². The van der Waals surface area contributed by atoms with Crippen molar-refractivity contribution in [1.29, 1.82) is 0 Å². The largest absolute Gasteiger partial charge is 0.452 e. The monoisotopic (exact) mass is 452 g/mol. The van der Waals surface area contributed by atoms with Crippen molar-refractivity contribution in [3.05, 3.63) is 95.1 Å². The van der Waals surface area contributed by atoms with Crippen LogP contribution in [0, 0.1) is 0 Å². The Balaban J connectivity index is 1.28. The summed E-state index contributed by atoms with van der Waals surface area (Å²) in [4.78, 5) is 12.6. The molecule has 2 fully saturated rings. The number of amides is 1. The minimum Gasteiger partial charge on any atom is -0.452 e. The molecular weight excluding hydrogens is 424 g/mol. The number of nitrogens with one attached hydrogen (secondary N) is 2. The second kappa shape index (κ2) is 8.99. The van der Waals surface area contributed by atoms with Gasteiger partial charge in [-0.25, -0.2) is 4.79 Å². The Morgan fingerprint density at radius 1 is 0.912 bits per heavy atom. The molecule has 3 aliphatic rings. The number of hydrogen-bond donors (Lipinski definition) is 2. The highest BCUT2D eigenvalue weighted by atomic mass is 16.6. The van der Waals surface area contributed by atoms with E-state index in [2.05, 4.69) is 28.8 Å². The van der Waals surface area contributed by atoms with Crippen molar-refractivity contribution in [2.45, 2.75) is 44.2 Å². The lowest BCUT2D eigenvalue weighted by Crippen LogP contribution is -2.35. The molecular formula is C29H28N2O3. The van der Waals surface area contributed by atoms with Gasteiger partial charge in [-0.1, -0.05) is 66.2 Å². The number of carbonyl (C=O) groups is 1. The Morgan fingerprint density at radius 2 is 1.65 bits per heavy atom. The molecule has 2 atom stereocenters. The smallest absolute Gasteiger partial charge is 0.412 e. The number of hydrogen-bond acceptors (Lipinski definition) is 4. The van der Waals surface area contributed by atoms with Crippen molar-refractivity contribution in [1.82, 2.24) is 10.6 Å². The maximum Gasteiger partial charge on any atom is 0.412 e. The Labute approximate surface area is 199 Å². The van der Waals surface area contributed by atoms with E-state index < -0.39 is 6.09 Å². The van der Waals surface area contributed by atoms with Gasteiger partial charge in [0.25, 0.3) is 0 Å². The van der Waals surface area contributed by atoms with Gasteiger partial charge in [0.1, 0.15) is 5.75 Å². The zero-order valence-corrected chi connectivity index (χ0v) is 19.1. The first-order chi connectivity index (χ1) is 16.7. The van der Waals surface area contributed by atoms with Crippen LogP contribution in [0.3, 0.4) is 0 Å². The van der Waals surface area contributed by atoms with Gasteiger partial charge in [0.2, 0.25) is 0 Å². The average molecular weight is 453 g/mol. The van der Waals surface area contributed by atoms with E-state index in [1.165, 1.54) is 29.6 Å². The van der Waals surface area contributed by atoms with Crippen LogP contribution in [0.5, 0.6) is 17.2 Å². The number of ether oxygens (including phenoxy) is 2. The van der Waals surface area contributed by atoms with Crippen LogP contribution in [-0.4, -0.2) is 24.7 Å². The summed E-state index contributed by atoms with van der Waals surface area (Å²) in [6.07, 6.45) is 4.84. The van der Waals surface area contributed by atoms with E-state index in [1.54, 1.807) is 6.07 Å². The van der Waals surface area contributed by atoms with Gasteiger partial charge < -0.3 is 20.1 Å². The number of piperidine rings is 1. The normalized spacial score (nSPS) is 20.2. The summed E-state index contributed by atoms with van der Waals surface area (Å²) in [5.74, 6) is 1.87.